The van der Waals surface area contributed by atoms with E-state index in [2.05, 4.69) is 53.3 Å². The highest BCUT2D eigenvalue weighted by molar-refractivity contribution is 5.64. The average molecular weight is 453 g/mol. The van der Waals surface area contributed by atoms with Gasteiger partial charge in [0.2, 0.25) is 0 Å². The molecule has 5 fully saturated rings. The van der Waals surface area contributed by atoms with Crippen molar-refractivity contribution in [3.63, 3.8) is 0 Å². The Balaban J connectivity index is 1.55. The molecule has 33 heavy (non-hydrogen) atoms. The highest BCUT2D eigenvalue weighted by Gasteiger charge is 2.70. The zero-order valence-electron chi connectivity index (χ0n) is 22.2. The molecule has 1 N–H and O–H groups in total. The van der Waals surface area contributed by atoms with Gasteiger partial charge in [-0.25, -0.2) is 0 Å². The van der Waals surface area contributed by atoms with E-state index >= 15 is 0 Å². The van der Waals surface area contributed by atoms with Crippen LogP contribution in [0.5, 0.6) is 0 Å². The highest BCUT2D eigenvalue weighted by atomic mass is 16.3. The summed E-state index contributed by atoms with van der Waals surface area (Å²) >= 11 is 0. The van der Waals surface area contributed by atoms with Crippen molar-refractivity contribution >= 4 is 6.21 Å². The first-order valence-corrected chi connectivity index (χ1v) is 13.9. The second kappa shape index (κ2) is 7.26. The molecular weight excluding hydrogens is 404 g/mol. The fourth-order valence-corrected chi connectivity index (χ4v) is 11.6. The number of nitrogens with one attached hydrogen (secondary N) is 1. The van der Waals surface area contributed by atoms with E-state index in [4.69, 9.17) is 5.41 Å². The summed E-state index contributed by atoms with van der Waals surface area (Å²) in [6.45, 7) is 19.3. The van der Waals surface area contributed by atoms with Crippen molar-refractivity contribution in [1.29, 1.82) is 5.41 Å². The Morgan fingerprint density at radius 3 is 2.24 bits per heavy atom. The first kappa shape index (κ1) is 23.7. The molecule has 10 atom stereocenters. The van der Waals surface area contributed by atoms with Crippen LogP contribution in [-0.4, -0.2) is 12.3 Å². The van der Waals surface area contributed by atoms with Crippen molar-refractivity contribution in [2.24, 2.45) is 61.8 Å². The van der Waals surface area contributed by atoms with Crippen LogP contribution in [0.15, 0.2) is 17.3 Å². The summed E-state index contributed by atoms with van der Waals surface area (Å²) < 4.78 is 0. The van der Waals surface area contributed by atoms with Gasteiger partial charge in [-0.15, -0.1) is 0 Å². The van der Waals surface area contributed by atoms with Crippen LogP contribution in [0, 0.1) is 67.0 Å². The predicted octanol–water partition coefficient (Wildman–Crippen LogP) is 8.43. The summed E-state index contributed by atoms with van der Waals surface area (Å²) in [6, 6.07) is -0.0236. The molecule has 0 aromatic carbocycles. The van der Waals surface area contributed by atoms with E-state index in [1.165, 1.54) is 63.4 Å². The largest absolute Gasteiger partial charge is 0.313 e. The van der Waals surface area contributed by atoms with Crippen LogP contribution in [0.3, 0.4) is 0 Å². The van der Waals surface area contributed by atoms with Gasteiger partial charge in [0.25, 0.3) is 0 Å². The van der Waals surface area contributed by atoms with Crippen molar-refractivity contribution in [1.82, 2.24) is 0 Å². The van der Waals surface area contributed by atoms with Gasteiger partial charge in [0.1, 0.15) is 0 Å². The summed E-state index contributed by atoms with van der Waals surface area (Å²) in [5.41, 5.74) is 2.47. The van der Waals surface area contributed by atoms with Crippen LogP contribution in [0.2, 0.25) is 0 Å². The molecule has 3 nitrogen and oxygen atoms in total. The van der Waals surface area contributed by atoms with E-state index in [0.717, 1.165) is 12.3 Å². The predicted molar refractivity (Wildman–Crippen MR) is 137 cm³/mol. The fourth-order valence-electron chi connectivity index (χ4n) is 11.6. The van der Waals surface area contributed by atoms with E-state index in [1.54, 1.807) is 0 Å². The molecule has 0 amide bonds. The van der Waals surface area contributed by atoms with Gasteiger partial charge in [-0.1, -0.05) is 51.9 Å². The van der Waals surface area contributed by atoms with E-state index in [-0.39, 0.29) is 16.9 Å². The number of allylic oxidation sites excluding steroid dienone is 1. The van der Waals surface area contributed by atoms with Crippen molar-refractivity contribution in [2.45, 2.75) is 112 Å². The molecule has 0 saturated heterocycles. The fraction of sp³-hybridized carbons (Fsp3) is 0.900. The molecule has 5 rings (SSSR count). The van der Waals surface area contributed by atoms with Crippen LogP contribution >= 0.6 is 0 Å². The molecule has 5 aliphatic carbocycles. The summed E-state index contributed by atoms with van der Waals surface area (Å²) in [5.74, 6) is 3.24. The number of nitrogens with zero attached hydrogens (tertiary/aromatic N) is 1. The van der Waals surface area contributed by atoms with Crippen LogP contribution in [-0.2, 0) is 0 Å². The summed E-state index contributed by atoms with van der Waals surface area (Å²) in [5, 5.41) is 12.1. The standard InChI is InChI=1S/C30H48N2O/c1-19(2)20-10-15-30(18-31)17-16-28(6)21(25(20)30)8-9-23-27(5)13-12-24(32-33)26(3,4)22(27)11-14-29(23,28)7/h18,20-25,31H,1,8-17H2,2-7H3/t20-,21?,22?,23?,24?,25?,27-,28+,29+,30+/m0/s1. The Morgan fingerprint density at radius 1 is 0.879 bits per heavy atom. The molecule has 0 aromatic rings. The lowest BCUT2D eigenvalue weighted by atomic mass is 9.32. The zero-order chi connectivity index (χ0) is 24.0. The normalized spacial score (nSPS) is 54.8. The molecule has 0 aliphatic heterocycles. The second-order valence-electron chi connectivity index (χ2n) is 14.5. The Bertz CT molecular complexity index is 863. The Hall–Kier alpha value is -0.990. The Kier molecular flexibility index (Phi) is 5.22. The lowest BCUT2D eigenvalue weighted by Crippen LogP contribution is -2.66. The van der Waals surface area contributed by atoms with Gasteiger partial charge in [0.15, 0.2) is 0 Å². The third kappa shape index (κ3) is 2.77. The number of rotatable bonds is 3. The van der Waals surface area contributed by atoms with Gasteiger partial charge in [-0.2, -0.15) is 4.91 Å². The van der Waals surface area contributed by atoms with Crippen molar-refractivity contribution in [3.05, 3.63) is 17.1 Å². The van der Waals surface area contributed by atoms with E-state index in [9.17, 15) is 4.91 Å². The SMILES string of the molecule is C=C(C)[C@@H]1CC[C@]2(C=N)CC[C@]3(C)C(CCC4[C@@]5(C)CCC(N=O)C(C)(C)C5CC[C@]43C)C12. The van der Waals surface area contributed by atoms with E-state index in [1.807, 2.05) is 6.21 Å². The maximum absolute atomic E-state index is 11.7. The molecule has 5 aliphatic rings. The first-order valence-electron chi connectivity index (χ1n) is 13.9. The molecule has 0 heterocycles. The lowest BCUT2D eigenvalue weighted by Gasteiger charge is -2.72. The average Bonchev–Trinajstić information content (AvgIpc) is 3.14. The minimum atomic E-state index is -0.0236. The molecular formula is C30H48N2O. The molecule has 0 bridgehead atoms. The molecule has 5 saturated carbocycles. The van der Waals surface area contributed by atoms with Gasteiger partial charge in [-0.3, -0.25) is 0 Å². The zero-order valence-corrected chi connectivity index (χ0v) is 22.2. The van der Waals surface area contributed by atoms with Crippen molar-refractivity contribution in [2.75, 3.05) is 0 Å². The van der Waals surface area contributed by atoms with Gasteiger partial charge in [0, 0.05) is 11.6 Å². The minimum absolute atomic E-state index is 0.00618. The summed E-state index contributed by atoms with van der Waals surface area (Å²) in [4.78, 5) is 11.7. The van der Waals surface area contributed by atoms with Crippen LogP contribution in [0.25, 0.3) is 0 Å². The Morgan fingerprint density at radius 2 is 1.61 bits per heavy atom. The number of nitroso groups, excluding NO2 is 1. The number of fused-ring (bicyclic) bond motifs is 7. The van der Waals surface area contributed by atoms with Gasteiger partial charge in [-0.05, 0) is 122 Å². The topological polar surface area (TPSA) is 53.3 Å². The first-order chi connectivity index (χ1) is 15.4. The van der Waals surface area contributed by atoms with Gasteiger partial charge in [0.05, 0.1) is 6.04 Å². The number of hydrogen-bond acceptors (Lipinski definition) is 3. The highest BCUT2D eigenvalue weighted by Crippen LogP contribution is 2.77. The van der Waals surface area contributed by atoms with E-state index in [0.29, 0.717) is 39.9 Å². The Labute approximate surface area is 202 Å². The quantitative estimate of drug-likeness (QED) is 0.261. The smallest absolute Gasteiger partial charge is 0.0973 e. The maximum Gasteiger partial charge on any atom is 0.0973 e. The maximum atomic E-state index is 11.7. The molecule has 0 aromatic heterocycles. The lowest BCUT2D eigenvalue weighted by molar-refractivity contribution is -0.233. The van der Waals surface area contributed by atoms with Crippen molar-refractivity contribution < 1.29 is 0 Å². The van der Waals surface area contributed by atoms with Crippen LogP contribution < -0.4 is 0 Å². The number of hydrogen-bond donors (Lipinski definition) is 1. The van der Waals surface area contributed by atoms with E-state index < -0.39 is 0 Å². The minimum Gasteiger partial charge on any atom is -0.313 e. The molecule has 5 unspecified atom stereocenters. The van der Waals surface area contributed by atoms with Gasteiger partial charge >= 0.3 is 0 Å². The van der Waals surface area contributed by atoms with Crippen LogP contribution in [0.4, 0.5) is 0 Å². The molecule has 0 radical (unpaired) electrons. The molecule has 184 valence electrons. The molecule has 0 spiro atoms. The van der Waals surface area contributed by atoms with Gasteiger partial charge < -0.3 is 5.41 Å². The summed E-state index contributed by atoms with van der Waals surface area (Å²) in [7, 11) is 0. The van der Waals surface area contributed by atoms with Crippen molar-refractivity contribution in [3.8, 4) is 0 Å². The third-order valence-electron chi connectivity index (χ3n) is 13.5. The second-order valence-corrected chi connectivity index (χ2v) is 14.5. The molecule has 3 heteroatoms. The third-order valence-corrected chi connectivity index (χ3v) is 13.5. The monoisotopic (exact) mass is 452 g/mol. The van der Waals surface area contributed by atoms with Crippen LogP contribution in [0.1, 0.15) is 106 Å². The summed E-state index contributed by atoms with van der Waals surface area (Å²) in [6.07, 6.45) is 14.1.